The molecule has 7 heteroatoms. The van der Waals surface area contributed by atoms with Crippen molar-refractivity contribution in [3.05, 3.63) is 83.4 Å². The van der Waals surface area contributed by atoms with E-state index in [0.29, 0.717) is 24.1 Å². The van der Waals surface area contributed by atoms with Gasteiger partial charge in [-0.25, -0.2) is 0 Å². The number of amides is 2. The number of hydrogen-bond donors (Lipinski definition) is 4. The first kappa shape index (κ1) is 28.3. The summed E-state index contributed by atoms with van der Waals surface area (Å²) in [4.78, 5) is 27.9. The lowest BCUT2D eigenvalue weighted by molar-refractivity contribution is -0.121. The highest BCUT2D eigenvalue weighted by molar-refractivity contribution is 6.01. The Morgan fingerprint density at radius 1 is 0.949 bits per heavy atom. The van der Waals surface area contributed by atoms with Crippen LogP contribution in [0.25, 0.3) is 11.1 Å². The smallest absolute Gasteiger partial charge is 0.227 e. The van der Waals surface area contributed by atoms with Crippen LogP contribution in [0.4, 0.5) is 5.69 Å². The fourth-order valence-electron chi connectivity index (χ4n) is 5.39. The van der Waals surface area contributed by atoms with Crippen molar-refractivity contribution in [2.75, 3.05) is 11.5 Å². The summed E-state index contributed by atoms with van der Waals surface area (Å²) in [5, 5.41) is 35.0. The monoisotopic (exact) mass is 530 g/mol. The van der Waals surface area contributed by atoms with Gasteiger partial charge in [0.2, 0.25) is 11.8 Å². The maximum Gasteiger partial charge on any atom is 0.227 e. The van der Waals surface area contributed by atoms with E-state index in [4.69, 9.17) is 0 Å². The van der Waals surface area contributed by atoms with E-state index < -0.39 is 12.1 Å². The van der Waals surface area contributed by atoms with E-state index in [1.807, 2.05) is 54.6 Å². The Hall–Kier alpha value is -3.68. The van der Waals surface area contributed by atoms with Gasteiger partial charge in [0, 0.05) is 38.0 Å². The summed E-state index contributed by atoms with van der Waals surface area (Å²) in [5.74, 6) is -0.452. The molecule has 1 aliphatic carbocycles. The van der Waals surface area contributed by atoms with Crippen LogP contribution in [0.3, 0.4) is 0 Å². The van der Waals surface area contributed by atoms with Crippen LogP contribution in [0.5, 0.6) is 5.75 Å². The Morgan fingerprint density at radius 3 is 2.44 bits per heavy atom. The van der Waals surface area contributed by atoms with Crippen molar-refractivity contribution in [3.63, 3.8) is 0 Å². The molecule has 3 aromatic carbocycles. The molecule has 0 unspecified atom stereocenters. The quantitative estimate of drug-likeness (QED) is 0.246. The van der Waals surface area contributed by atoms with Crippen LogP contribution in [0.1, 0.15) is 68.2 Å². The summed E-state index contributed by atoms with van der Waals surface area (Å²) in [6.07, 6.45) is 3.11. The second kappa shape index (κ2) is 13.4. The van der Waals surface area contributed by atoms with E-state index in [9.17, 15) is 24.9 Å². The van der Waals surface area contributed by atoms with E-state index in [0.717, 1.165) is 41.5 Å². The summed E-state index contributed by atoms with van der Waals surface area (Å²) < 4.78 is 0. The number of nitrogens with zero attached hydrogens (tertiary/aromatic N) is 1. The molecule has 206 valence electrons. The van der Waals surface area contributed by atoms with Gasteiger partial charge < -0.3 is 20.6 Å². The molecule has 0 fully saturated rings. The second-order valence-corrected chi connectivity index (χ2v) is 10.1. The predicted molar refractivity (Wildman–Crippen MR) is 152 cm³/mol. The van der Waals surface area contributed by atoms with Gasteiger partial charge in [-0.05, 0) is 41.2 Å². The predicted octanol–water partition coefficient (Wildman–Crippen LogP) is 5.02. The molecule has 0 spiro atoms. The number of phenols is 1. The first-order chi connectivity index (χ1) is 19.0. The molecule has 0 aromatic heterocycles. The van der Waals surface area contributed by atoms with Crippen LogP contribution in [0, 0.1) is 0 Å². The van der Waals surface area contributed by atoms with Gasteiger partial charge in [-0.15, -0.1) is 0 Å². The third kappa shape index (κ3) is 6.49. The molecule has 2 atom stereocenters. The summed E-state index contributed by atoms with van der Waals surface area (Å²) in [5.41, 5.74) is 4.22. The number of carbonyl (C=O) groups excluding carboxylic acids is 2. The van der Waals surface area contributed by atoms with Crippen molar-refractivity contribution in [1.29, 1.82) is 0 Å². The van der Waals surface area contributed by atoms with Gasteiger partial charge in [0.25, 0.3) is 0 Å². The molecule has 0 saturated heterocycles. The highest BCUT2D eigenvalue weighted by Crippen LogP contribution is 2.47. The number of unbranched alkanes of at least 4 members (excludes halogenated alkanes) is 2. The highest BCUT2D eigenvalue weighted by Gasteiger charge is 2.40. The molecule has 1 aliphatic rings. The molecule has 2 amide bonds. The molecule has 0 heterocycles. The van der Waals surface area contributed by atoms with Gasteiger partial charge in [0.15, 0.2) is 0 Å². The average Bonchev–Trinajstić information content (AvgIpc) is 3.28. The van der Waals surface area contributed by atoms with Crippen molar-refractivity contribution < 1.29 is 24.9 Å². The Kier molecular flexibility index (Phi) is 9.74. The first-order valence-electron chi connectivity index (χ1n) is 13.8. The van der Waals surface area contributed by atoms with Gasteiger partial charge in [-0.1, -0.05) is 80.4 Å². The van der Waals surface area contributed by atoms with Gasteiger partial charge >= 0.3 is 0 Å². The van der Waals surface area contributed by atoms with Gasteiger partial charge in [-0.2, -0.15) is 0 Å². The molecule has 7 nitrogen and oxygen atoms in total. The Balaban J connectivity index is 1.84. The van der Waals surface area contributed by atoms with Crippen LogP contribution in [-0.2, 0) is 22.6 Å². The lowest BCUT2D eigenvalue weighted by Gasteiger charge is -2.35. The zero-order valence-corrected chi connectivity index (χ0v) is 22.5. The minimum absolute atomic E-state index is 0.0480. The van der Waals surface area contributed by atoms with Crippen molar-refractivity contribution in [1.82, 2.24) is 5.32 Å². The molecule has 0 saturated carbocycles. The number of carbonyl (C=O) groups is 2. The van der Waals surface area contributed by atoms with Crippen molar-refractivity contribution in [2.24, 2.45) is 0 Å². The van der Waals surface area contributed by atoms with Crippen LogP contribution in [-0.4, -0.2) is 39.8 Å². The van der Waals surface area contributed by atoms with Crippen LogP contribution < -0.4 is 10.2 Å². The zero-order valence-electron chi connectivity index (χ0n) is 22.5. The second-order valence-electron chi connectivity index (χ2n) is 10.1. The SMILES string of the molecule is CCCCCC(=O)NCc1ccc(O)c(N(C(=O)CCCO)[C@H]2c3ccccc3C[C@H]2O)c1-c1ccccc1. The molecule has 4 rings (SSSR count). The fourth-order valence-corrected chi connectivity index (χ4v) is 5.39. The molecular formula is C32H38N2O5. The number of nitrogens with one attached hydrogen (secondary N) is 1. The molecule has 0 aliphatic heterocycles. The van der Waals surface area contributed by atoms with E-state index in [-0.39, 0.29) is 43.6 Å². The van der Waals surface area contributed by atoms with E-state index >= 15 is 0 Å². The Morgan fingerprint density at radius 2 is 1.69 bits per heavy atom. The lowest BCUT2D eigenvalue weighted by Crippen LogP contribution is -2.40. The number of hydrogen-bond acceptors (Lipinski definition) is 5. The lowest BCUT2D eigenvalue weighted by atomic mass is 9.94. The minimum Gasteiger partial charge on any atom is -0.506 e. The minimum atomic E-state index is -0.870. The van der Waals surface area contributed by atoms with Crippen LogP contribution >= 0.6 is 0 Å². The number of aliphatic hydroxyl groups excluding tert-OH is 2. The third-order valence-electron chi connectivity index (χ3n) is 7.29. The number of rotatable bonds is 12. The Labute approximate surface area is 230 Å². The number of fused-ring (bicyclic) bond motifs is 1. The first-order valence-corrected chi connectivity index (χ1v) is 13.8. The van der Waals surface area contributed by atoms with Gasteiger partial charge in [0.05, 0.1) is 17.8 Å². The van der Waals surface area contributed by atoms with Crippen molar-refractivity contribution >= 4 is 17.5 Å². The maximum absolute atomic E-state index is 13.8. The molecule has 0 radical (unpaired) electrons. The van der Waals surface area contributed by atoms with Gasteiger partial charge in [-0.3, -0.25) is 14.5 Å². The number of aromatic hydroxyl groups is 1. The highest BCUT2D eigenvalue weighted by atomic mass is 16.3. The van der Waals surface area contributed by atoms with E-state index in [1.165, 1.54) is 4.90 Å². The van der Waals surface area contributed by atoms with Crippen LogP contribution in [0.15, 0.2) is 66.7 Å². The topological polar surface area (TPSA) is 110 Å². The molecule has 39 heavy (non-hydrogen) atoms. The number of benzene rings is 3. The summed E-state index contributed by atoms with van der Waals surface area (Å²) in [6, 6.07) is 19.7. The van der Waals surface area contributed by atoms with Crippen molar-refractivity contribution in [2.45, 2.75) is 70.6 Å². The largest absolute Gasteiger partial charge is 0.506 e. The third-order valence-corrected chi connectivity index (χ3v) is 7.29. The number of anilines is 1. The summed E-state index contributed by atoms with van der Waals surface area (Å²) in [7, 11) is 0. The normalized spacial score (nSPS) is 16.1. The van der Waals surface area contributed by atoms with Gasteiger partial charge in [0.1, 0.15) is 5.75 Å². The number of aliphatic hydroxyl groups is 2. The molecular weight excluding hydrogens is 492 g/mol. The van der Waals surface area contributed by atoms with Crippen molar-refractivity contribution in [3.8, 4) is 16.9 Å². The number of phenolic OH excluding ortho intramolecular Hbond substituents is 1. The maximum atomic E-state index is 13.8. The fraction of sp³-hybridized carbons (Fsp3) is 0.375. The average molecular weight is 531 g/mol. The summed E-state index contributed by atoms with van der Waals surface area (Å²) in [6.45, 7) is 2.17. The summed E-state index contributed by atoms with van der Waals surface area (Å²) >= 11 is 0. The van der Waals surface area contributed by atoms with E-state index in [1.54, 1.807) is 12.1 Å². The zero-order chi connectivity index (χ0) is 27.8. The molecule has 3 aromatic rings. The van der Waals surface area contributed by atoms with E-state index in [2.05, 4.69) is 12.2 Å². The van der Waals surface area contributed by atoms with Crippen LogP contribution in [0.2, 0.25) is 0 Å². The standard InChI is InChI=1S/C32H38N2O5/c1-2-3-5-15-28(38)33-21-24-17-18-26(36)32(30(24)22-11-6-4-7-12-22)34(29(39)16-10-19-35)31-25-14-9-8-13-23(25)20-27(31)37/h4,6-9,11-14,17-18,27,31,35-37H,2-3,5,10,15-16,19-21H2,1H3,(H,33,38)/t27-,31+/m1/s1. The molecule has 4 N–H and O–H groups in total. The Bertz CT molecular complexity index is 1280. The molecule has 0 bridgehead atoms.